The molecule has 0 amide bonds. The lowest BCUT2D eigenvalue weighted by Gasteiger charge is -2.32. The van der Waals surface area contributed by atoms with Crippen molar-refractivity contribution in [3.05, 3.63) is 11.9 Å². The number of piperidine rings is 1. The van der Waals surface area contributed by atoms with Crippen LogP contribution in [0.25, 0.3) is 0 Å². The zero-order valence-corrected chi connectivity index (χ0v) is 11.9. The van der Waals surface area contributed by atoms with Crippen LogP contribution in [0, 0.1) is 0 Å². The monoisotopic (exact) mass is 250 g/mol. The molecule has 4 nitrogen and oxygen atoms in total. The van der Waals surface area contributed by atoms with E-state index in [1.165, 1.54) is 18.5 Å². The molecule has 4 heteroatoms. The van der Waals surface area contributed by atoms with Gasteiger partial charge in [-0.25, -0.2) is 4.98 Å². The number of aryl methyl sites for hydroxylation is 2. The number of hydrogen-bond donors (Lipinski definition) is 1. The van der Waals surface area contributed by atoms with Crippen LogP contribution in [0.4, 0.5) is 5.95 Å². The number of aromatic nitrogens is 2. The first-order valence-electron chi connectivity index (χ1n) is 7.25. The topological polar surface area (TPSA) is 33.1 Å². The van der Waals surface area contributed by atoms with Crippen LogP contribution in [0.1, 0.15) is 38.8 Å². The van der Waals surface area contributed by atoms with Crippen LogP contribution in [-0.4, -0.2) is 35.7 Å². The van der Waals surface area contributed by atoms with Crippen LogP contribution in [0.2, 0.25) is 0 Å². The van der Waals surface area contributed by atoms with E-state index in [1.807, 2.05) is 0 Å². The predicted molar refractivity (Wildman–Crippen MR) is 76.2 cm³/mol. The highest BCUT2D eigenvalue weighted by Gasteiger charge is 2.21. The van der Waals surface area contributed by atoms with Gasteiger partial charge in [0.25, 0.3) is 0 Å². The van der Waals surface area contributed by atoms with Crippen LogP contribution in [0.5, 0.6) is 0 Å². The second-order valence-electron chi connectivity index (χ2n) is 5.19. The zero-order chi connectivity index (χ0) is 13.0. The maximum atomic E-state index is 4.78. The van der Waals surface area contributed by atoms with E-state index in [2.05, 4.69) is 41.9 Å². The van der Waals surface area contributed by atoms with Crippen LogP contribution in [0.3, 0.4) is 0 Å². The van der Waals surface area contributed by atoms with Crippen molar-refractivity contribution in [1.82, 2.24) is 14.9 Å². The molecular weight excluding hydrogens is 224 g/mol. The number of rotatable bonds is 5. The molecule has 1 saturated heterocycles. The van der Waals surface area contributed by atoms with Crippen LogP contribution in [-0.2, 0) is 13.0 Å². The molecule has 1 aromatic heterocycles. The fourth-order valence-electron chi connectivity index (χ4n) is 2.64. The Labute approximate surface area is 110 Å². The Morgan fingerprint density at radius 3 is 2.94 bits per heavy atom. The third-order valence-corrected chi connectivity index (χ3v) is 3.77. The molecule has 102 valence electrons. The maximum Gasteiger partial charge on any atom is 0.205 e. The van der Waals surface area contributed by atoms with Gasteiger partial charge < -0.3 is 14.8 Å². The van der Waals surface area contributed by atoms with Gasteiger partial charge in [-0.1, -0.05) is 13.8 Å². The number of nitrogens with zero attached hydrogens (tertiary/aromatic N) is 3. The summed E-state index contributed by atoms with van der Waals surface area (Å²) in [7, 11) is 2.19. The van der Waals surface area contributed by atoms with Gasteiger partial charge in [-0.05, 0) is 32.2 Å². The lowest BCUT2D eigenvalue weighted by molar-refractivity contribution is 0.437. The molecule has 2 rings (SSSR count). The first-order valence-corrected chi connectivity index (χ1v) is 7.25. The molecule has 1 aromatic rings. The number of nitrogens with one attached hydrogen (secondary N) is 1. The van der Waals surface area contributed by atoms with Gasteiger partial charge in [0.2, 0.25) is 5.95 Å². The van der Waals surface area contributed by atoms with Crippen molar-refractivity contribution in [2.75, 3.05) is 25.0 Å². The maximum absolute atomic E-state index is 4.78. The molecule has 1 aliphatic heterocycles. The number of likely N-dealkylation sites (N-methyl/N-ethyl adjacent to an activating group) is 1. The summed E-state index contributed by atoms with van der Waals surface area (Å²) in [6.45, 7) is 7.69. The summed E-state index contributed by atoms with van der Waals surface area (Å²) in [5.74, 6) is 1.14. The molecule has 0 aromatic carbocycles. The van der Waals surface area contributed by atoms with E-state index in [-0.39, 0.29) is 0 Å². The molecule has 18 heavy (non-hydrogen) atoms. The first kappa shape index (κ1) is 13.4. The zero-order valence-electron chi connectivity index (χ0n) is 11.9. The second-order valence-corrected chi connectivity index (χ2v) is 5.19. The van der Waals surface area contributed by atoms with Crippen molar-refractivity contribution >= 4 is 5.95 Å². The molecule has 1 unspecified atom stereocenters. The van der Waals surface area contributed by atoms with Gasteiger partial charge in [-0.15, -0.1) is 0 Å². The minimum Gasteiger partial charge on any atom is -0.341 e. The van der Waals surface area contributed by atoms with Crippen LogP contribution in [0.15, 0.2) is 6.20 Å². The van der Waals surface area contributed by atoms with E-state index in [0.717, 1.165) is 38.4 Å². The molecule has 2 heterocycles. The molecule has 1 fully saturated rings. The Balaban J connectivity index is 2.16. The Kier molecular flexibility index (Phi) is 4.64. The van der Waals surface area contributed by atoms with E-state index in [1.54, 1.807) is 0 Å². The van der Waals surface area contributed by atoms with Gasteiger partial charge in [0, 0.05) is 32.4 Å². The van der Waals surface area contributed by atoms with E-state index in [9.17, 15) is 0 Å². The van der Waals surface area contributed by atoms with Gasteiger partial charge in [0.15, 0.2) is 0 Å². The van der Waals surface area contributed by atoms with Crippen molar-refractivity contribution < 1.29 is 0 Å². The summed E-state index contributed by atoms with van der Waals surface area (Å²) < 4.78 is 2.31. The molecule has 0 aliphatic carbocycles. The SMILES string of the molecule is CCCn1cc(CC)nc1N(C)C1CCCNC1. The van der Waals surface area contributed by atoms with Crippen molar-refractivity contribution in [2.24, 2.45) is 0 Å². The molecule has 0 spiro atoms. The highest BCUT2D eigenvalue weighted by atomic mass is 15.3. The summed E-state index contributed by atoms with van der Waals surface area (Å²) in [5.41, 5.74) is 1.20. The fourth-order valence-corrected chi connectivity index (χ4v) is 2.64. The molecule has 1 N–H and O–H groups in total. The third kappa shape index (κ3) is 2.86. The van der Waals surface area contributed by atoms with Gasteiger partial charge in [-0.3, -0.25) is 0 Å². The number of imidazole rings is 1. The summed E-state index contributed by atoms with van der Waals surface area (Å²) in [4.78, 5) is 7.15. The van der Waals surface area contributed by atoms with Crippen molar-refractivity contribution in [2.45, 2.75) is 52.1 Å². The average Bonchev–Trinajstić information content (AvgIpc) is 2.82. The molecule has 0 radical (unpaired) electrons. The highest BCUT2D eigenvalue weighted by molar-refractivity contribution is 5.34. The Bertz CT molecular complexity index is 366. The van der Waals surface area contributed by atoms with E-state index >= 15 is 0 Å². The van der Waals surface area contributed by atoms with Crippen LogP contribution < -0.4 is 10.2 Å². The minimum absolute atomic E-state index is 0.585. The molecular formula is C14H26N4. The Morgan fingerprint density at radius 1 is 1.50 bits per heavy atom. The predicted octanol–water partition coefficient (Wildman–Crippen LogP) is 2.04. The lowest BCUT2D eigenvalue weighted by atomic mass is 10.1. The molecule has 1 aliphatic rings. The molecule has 0 saturated carbocycles. The molecule has 1 atom stereocenters. The Morgan fingerprint density at radius 2 is 2.33 bits per heavy atom. The largest absolute Gasteiger partial charge is 0.341 e. The average molecular weight is 250 g/mol. The third-order valence-electron chi connectivity index (χ3n) is 3.77. The van der Waals surface area contributed by atoms with Gasteiger partial charge in [0.05, 0.1) is 5.69 Å². The van der Waals surface area contributed by atoms with Gasteiger partial charge in [-0.2, -0.15) is 0 Å². The van der Waals surface area contributed by atoms with E-state index in [0.29, 0.717) is 6.04 Å². The standard InChI is InChI=1S/C14H26N4/c1-4-9-18-11-12(5-2)16-14(18)17(3)13-7-6-8-15-10-13/h11,13,15H,4-10H2,1-3H3. The van der Waals surface area contributed by atoms with Gasteiger partial charge in [0.1, 0.15) is 0 Å². The Hall–Kier alpha value is -1.03. The summed E-state index contributed by atoms with van der Waals surface area (Å²) in [6.07, 6.45) is 6.92. The van der Waals surface area contributed by atoms with Crippen molar-refractivity contribution in [1.29, 1.82) is 0 Å². The van der Waals surface area contributed by atoms with Crippen molar-refractivity contribution in [3.63, 3.8) is 0 Å². The summed E-state index contributed by atoms with van der Waals surface area (Å²) >= 11 is 0. The van der Waals surface area contributed by atoms with Crippen molar-refractivity contribution in [3.8, 4) is 0 Å². The van der Waals surface area contributed by atoms with E-state index < -0.39 is 0 Å². The normalized spacial score (nSPS) is 20.1. The molecule has 0 bridgehead atoms. The smallest absolute Gasteiger partial charge is 0.205 e. The number of anilines is 1. The minimum atomic E-state index is 0.585. The second kappa shape index (κ2) is 6.23. The fraction of sp³-hybridized carbons (Fsp3) is 0.786. The summed E-state index contributed by atoms with van der Waals surface area (Å²) in [5, 5.41) is 3.48. The quantitative estimate of drug-likeness (QED) is 0.868. The van der Waals surface area contributed by atoms with E-state index in [4.69, 9.17) is 4.98 Å². The highest BCUT2D eigenvalue weighted by Crippen LogP contribution is 2.19. The first-order chi connectivity index (χ1) is 8.76. The number of hydrogen-bond acceptors (Lipinski definition) is 3. The lowest BCUT2D eigenvalue weighted by Crippen LogP contribution is -2.45. The van der Waals surface area contributed by atoms with Crippen LogP contribution >= 0.6 is 0 Å². The summed E-state index contributed by atoms with van der Waals surface area (Å²) in [6, 6.07) is 0.585. The van der Waals surface area contributed by atoms with Gasteiger partial charge >= 0.3 is 0 Å².